The Hall–Kier alpha value is -10.4. The number of rotatable bonds is 6. The highest BCUT2D eigenvalue weighted by atomic mass is 79.9. The summed E-state index contributed by atoms with van der Waals surface area (Å²) in [6, 6.07) is 43.1. The van der Waals surface area contributed by atoms with Gasteiger partial charge in [-0.3, -0.25) is 34.1 Å². The van der Waals surface area contributed by atoms with Crippen molar-refractivity contribution >= 4 is 51.5 Å². The maximum Gasteiger partial charge on any atom is 0.261 e. The molecule has 19 rings (SSSR count). The smallest absolute Gasteiger partial charge is 0.261 e. The van der Waals surface area contributed by atoms with Gasteiger partial charge >= 0.3 is 0 Å². The van der Waals surface area contributed by atoms with Crippen LogP contribution in [-0.2, 0) is 54.7 Å². The van der Waals surface area contributed by atoms with Crippen molar-refractivity contribution in [1.29, 1.82) is 0 Å². The van der Waals surface area contributed by atoms with Crippen molar-refractivity contribution in [1.82, 2.24) is 38.8 Å². The summed E-state index contributed by atoms with van der Waals surface area (Å²) in [6.45, 7) is 11.7. The number of aromatic nitrogens is 5. The lowest BCUT2D eigenvalue weighted by atomic mass is 9.74. The van der Waals surface area contributed by atoms with Crippen LogP contribution in [0.15, 0.2) is 202 Å². The molecule has 1 aliphatic carbocycles. The van der Waals surface area contributed by atoms with Gasteiger partial charge in [-0.1, -0.05) is 58.4 Å². The van der Waals surface area contributed by atoms with E-state index < -0.39 is 39.7 Å². The van der Waals surface area contributed by atoms with E-state index in [1.54, 1.807) is 21.1 Å². The van der Waals surface area contributed by atoms with Gasteiger partial charge in [-0.05, 0) is 181 Å². The van der Waals surface area contributed by atoms with Gasteiger partial charge in [-0.15, -0.1) is 0 Å². The molecule has 26 heteroatoms. The van der Waals surface area contributed by atoms with E-state index >= 15 is 0 Å². The molecular weight excluding hydrogens is 1450 g/mol. The first-order chi connectivity index (χ1) is 52.3. The number of carbonyl (C=O) groups excluding carboxylic acids is 3. The van der Waals surface area contributed by atoms with E-state index in [1.807, 2.05) is 180 Å². The monoisotopic (exact) mass is 1540 g/mol. The van der Waals surface area contributed by atoms with Gasteiger partial charge in [0.2, 0.25) is 6.29 Å². The Labute approximate surface area is 640 Å². The SMILES string of the molecule is CC1(C)OC(c2cccc(C3C=CC=C3)n2)OC1(C)C.CN1C(=O)C2(CC3(CCCOC3)Oc3ccc(Br)cc32)N=C1N.CN1C(=O)[C@@]2(C[C@@]3(CCCOC3)Oc3ccc(-c4cccc(-n5cccc5)n4)cc32)N=C1N.CN1C(=O)[C@@]2(C[C@]3(CCCOC3)Oc3ccc(-c4cccc(-n5cccc5)n4)cc32)N=C1N. The van der Waals surface area contributed by atoms with E-state index in [0.717, 1.165) is 112 Å². The highest BCUT2D eigenvalue weighted by molar-refractivity contribution is 9.10. The summed E-state index contributed by atoms with van der Waals surface area (Å²) in [7, 11) is 5.00. The fourth-order valence-corrected chi connectivity index (χ4v) is 16.9. The number of nitrogens with two attached hydrogens (primary N) is 3. The minimum atomic E-state index is -1.12. The number of fused-ring (bicyclic) bond motifs is 6. The third-order valence-corrected chi connectivity index (χ3v) is 23.4. The molecule has 5 aromatic heterocycles. The summed E-state index contributed by atoms with van der Waals surface area (Å²) in [5.74, 6) is 4.18. The van der Waals surface area contributed by atoms with Gasteiger partial charge in [0.1, 0.15) is 45.7 Å². The average Bonchev–Trinajstić information content (AvgIpc) is 1.66. The molecule has 3 amide bonds. The van der Waals surface area contributed by atoms with E-state index in [-0.39, 0.29) is 52.7 Å². The summed E-state index contributed by atoms with van der Waals surface area (Å²) >= 11 is 3.47. The number of ether oxygens (including phenoxy) is 8. The molecular formula is C83H89BrN14O11. The summed E-state index contributed by atoms with van der Waals surface area (Å²) in [6.07, 6.45) is 22.2. The molecule has 2 unspecified atom stereocenters. The van der Waals surface area contributed by atoms with Crippen LogP contribution < -0.4 is 31.4 Å². The lowest BCUT2D eigenvalue weighted by molar-refractivity contribution is -0.139. The molecule has 6 spiro atoms. The molecule has 0 radical (unpaired) electrons. The maximum atomic E-state index is 13.6. The van der Waals surface area contributed by atoms with Crippen LogP contribution >= 0.6 is 15.9 Å². The van der Waals surface area contributed by atoms with Crippen molar-refractivity contribution in [3.63, 3.8) is 0 Å². The van der Waals surface area contributed by atoms with E-state index in [9.17, 15) is 14.4 Å². The molecule has 0 saturated carbocycles. The van der Waals surface area contributed by atoms with Gasteiger partial charge in [0, 0.05) is 123 Å². The predicted molar refractivity (Wildman–Crippen MR) is 413 cm³/mol. The van der Waals surface area contributed by atoms with Gasteiger partial charge < -0.3 is 64.2 Å². The Morgan fingerprint density at radius 3 is 1.20 bits per heavy atom. The van der Waals surface area contributed by atoms with Crippen LogP contribution in [0.25, 0.3) is 34.2 Å². The van der Waals surface area contributed by atoms with Crippen molar-refractivity contribution < 1.29 is 52.3 Å². The molecule has 6 N–H and O–H groups in total. The zero-order valence-electron chi connectivity index (χ0n) is 62.1. The number of allylic oxidation sites excluding steroid dienone is 4. The van der Waals surface area contributed by atoms with Crippen LogP contribution in [-0.4, -0.2) is 163 Å². The Morgan fingerprint density at radius 2 is 0.826 bits per heavy atom. The number of nitrogens with zero attached hydrogens (tertiary/aromatic N) is 11. The molecule has 3 aromatic carbocycles. The van der Waals surface area contributed by atoms with Crippen LogP contribution in [0.4, 0.5) is 0 Å². The second-order valence-electron chi connectivity index (χ2n) is 30.8. The van der Waals surface area contributed by atoms with E-state index in [0.29, 0.717) is 69.5 Å². The number of amides is 3. The topological polar surface area (TPSA) is 298 Å². The summed E-state index contributed by atoms with van der Waals surface area (Å²) in [4.78, 5) is 72.8. The molecule has 6 atom stereocenters. The predicted octanol–water partition coefficient (Wildman–Crippen LogP) is 11.4. The lowest BCUT2D eigenvalue weighted by Gasteiger charge is -2.46. The molecule has 8 aromatic rings. The van der Waals surface area contributed by atoms with Crippen molar-refractivity contribution in [2.45, 2.75) is 142 Å². The molecule has 564 valence electrons. The Morgan fingerprint density at radius 1 is 0.450 bits per heavy atom. The highest BCUT2D eigenvalue weighted by Gasteiger charge is 2.62. The molecule has 10 aliphatic heterocycles. The fourth-order valence-electron chi connectivity index (χ4n) is 16.5. The van der Waals surface area contributed by atoms with Crippen molar-refractivity contribution in [3.05, 3.63) is 215 Å². The van der Waals surface area contributed by atoms with Crippen LogP contribution in [0.5, 0.6) is 17.2 Å². The number of hydrogen-bond acceptors (Lipinski definition) is 20. The van der Waals surface area contributed by atoms with Crippen LogP contribution in [0, 0.1) is 0 Å². The molecule has 4 fully saturated rings. The summed E-state index contributed by atoms with van der Waals surface area (Å²) in [5.41, 5.74) is 20.1. The quantitative estimate of drug-likeness (QED) is 0.139. The zero-order valence-corrected chi connectivity index (χ0v) is 63.7. The first-order valence-electron chi connectivity index (χ1n) is 37.0. The lowest BCUT2D eigenvalue weighted by Crippen LogP contribution is -2.55. The van der Waals surface area contributed by atoms with Gasteiger partial charge in [0.25, 0.3) is 17.7 Å². The molecule has 11 aliphatic rings. The first-order valence-corrected chi connectivity index (χ1v) is 37.8. The number of aliphatic imine (C=N–C) groups is 3. The van der Waals surface area contributed by atoms with Gasteiger partial charge in [-0.2, -0.15) is 0 Å². The molecule has 25 nitrogen and oxygen atoms in total. The van der Waals surface area contributed by atoms with Crippen molar-refractivity contribution in [3.8, 4) is 51.4 Å². The Kier molecular flexibility index (Phi) is 18.7. The van der Waals surface area contributed by atoms with Crippen molar-refractivity contribution in [2.24, 2.45) is 32.2 Å². The second-order valence-corrected chi connectivity index (χ2v) is 31.7. The van der Waals surface area contributed by atoms with Gasteiger partial charge in [0.05, 0.1) is 53.8 Å². The second kappa shape index (κ2) is 28.0. The number of hydrogen-bond donors (Lipinski definition) is 3. The maximum absolute atomic E-state index is 13.6. The van der Waals surface area contributed by atoms with E-state index in [2.05, 4.69) is 60.8 Å². The summed E-state index contributed by atoms with van der Waals surface area (Å²) < 4.78 is 53.4. The molecule has 15 heterocycles. The van der Waals surface area contributed by atoms with Crippen LogP contribution in [0.2, 0.25) is 0 Å². The normalized spacial score (nSPS) is 27.4. The first kappa shape index (κ1) is 72.8. The number of halogens is 1. The minimum Gasteiger partial charge on any atom is -0.484 e. The van der Waals surface area contributed by atoms with Gasteiger partial charge in [0.15, 0.2) is 34.5 Å². The average molecular weight is 1540 g/mol. The van der Waals surface area contributed by atoms with E-state index in [1.165, 1.54) is 14.7 Å². The number of guanidine groups is 3. The number of benzene rings is 3. The number of carbonyl (C=O) groups is 3. The molecule has 109 heavy (non-hydrogen) atoms. The number of likely N-dealkylation sites (N-methyl/N-ethyl adjacent to an activating group) is 3. The third-order valence-electron chi connectivity index (χ3n) is 22.9. The number of pyridine rings is 3. The van der Waals surface area contributed by atoms with E-state index in [4.69, 9.17) is 80.0 Å². The Balaban J connectivity index is 0.000000113. The van der Waals surface area contributed by atoms with Crippen LogP contribution in [0.1, 0.15) is 126 Å². The zero-order chi connectivity index (χ0) is 75.9. The summed E-state index contributed by atoms with van der Waals surface area (Å²) in [5, 5.41) is 0. The molecule has 4 saturated heterocycles. The highest BCUT2D eigenvalue weighted by Crippen LogP contribution is 2.56. The van der Waals surface area contributed by atoms with Gasteiger partial charge in [-0.25, -0.2) is 24.9 Å². The molecule has 0 bridgehead atoms. The van der Waals surface area contributed by atoms with Crippen LogP contribution in [0.3, 0.4) is 0 Å². The fraction of sp³-hybridized carbons (Fsp3) is 0.386. The standard InChI is InChI=1S/2C25H25N5O3.C17H21NO2.C16H18BrN3O3/c2*1-29-22(31)25(28-23(29)26)15-24(10-5-13-32-16-24)33-20-9-8-17(14-18(20)25)19-6-4-7-21(27-19)30-11-2-3-12-30;1-16(2)17(3,4)20-15(19-16)14-11-7-10-13(18-14)12-8-5-6-9-12;1-20-13(21)16(19-14(20)18)8-15(5-2-6-22-9-15)23-12-4-3-10(17)7-11(12)16/h2*2-4,6-9,11-12,14H,5,10,13,15-16H2,1H3,(H2,26,28);5-12,15H,1-4H3;3-4,7H,2,5-6,8-9H2,1H3,(H2,18,19)/t24-,25+;24-,25-;;/m10../s1. The third kappa shape index (κ3) is 13.2. The minimum absolute atomic E-state index is 0.109. The van der Waals surface area contributed by atoms with Crippen molar-refractivity contribution in [2.75, 3.05) is 60.8 Å². The largest absolute Gasteiger partial charge is 0.484 e. The Bertz CT molecular complexity index is 4790.